The maximum atomic E-state index is 5.97. The van der Waals surface area contributed by atoms with Crippen molar-refractivity contribution >= 4 is 5.95 Å². The second-order valence-electron chi connectivity index (χ2n) is 5.96. The third-order valence-corrected chi connectivity index (χ3v) is 4.42. The molecule has 1 aliphatic rings. The van der Waals surface area contributed by atoms with Crippen LogP contribution in [-0.4, -0.2) is 29.1 Å². The largest absolute Gasteiger partial charge is 0.341 e. The molecule has 0 saturated carbocycles. The van der Waals surface area contributed by atoms with E-state index in [1.54, 1.807) is 0 Å². The minimum absolute atomic E-state index is 0.216. The van der Waals surface area contributed by atoms with Crippen LogP contribution in [-0.2, 0) is 6.42 Å². The maximum Gasteiger partial charge on any atom is 0.225 e. The van der Waals surface area contributed by atoms with E-state index >= 15 is 0 Å². The summed E-state index contributed by atoms with van der Waals surface area (Å²) in [6.07, 6.45) is 10.9. The van der Waals surface area contributed by atoms with Crippen LogP contribution in [0.3, 0.4) is 0 Å². The zero-order chi connectivity index (χ0) is 14.4. The fourth-order valence-corrected chi connectivity index (χ4v) is 2.84. The average Bonchev–Trinajstić information content (AvgIpc) is 2.73. The highest BCUT2D eigenvalue weighted by atomic mass is 15.2. The van der Waals surface area contributed by atoms with Gasteiger partial charge in [0.25, 0.3) is 0 Å². The third-order valence-electron chi connectivity index (χ3n) is 4.42. The molecule has 0 radical (unpaired) electrons. The highest BCUT2D eigenvalue weighted by Crippen LogP contribution is 2.22. The maximum absolute atomic E-state index is 5.97. The normalized spacial score (nSPS) is 21.6. The lowest BCUT2D eigenvalue weighted by molar-refractivity contribution is 0.459. The van der Waals surface area contributed by atoms with Gasteiger partial charge in [-0.05, 0) is 43.6 Å². The quantitative estimate of drug-likeness (QED) is 0.898. The van der Waals surface area contributed by atoms with Crippen LogP contribution in [0.2, 0.25) is 0 Å². The molecule has 0 amide bonds. The van der Waals surface area contributed by atoms with Gasteiger partial charge in [-0.3, -0.25) is 0 Å². The van der Waals surface area contributed by atoms with E-state index in [1.807, 2.05) is 12.4 Å². The van der Waals surface area contributed by atoms with E-state index in [2.05, 4.69) is 28.7 Å². The summed E-state index contributed by atoms with van der Waals surface area (Å²) in [7, 11) is 0. The Bertz CT molecular complexity index is 390. The van der Waals surface area contributed by atoms with Crippen molar-refractivity contribution < 1.29 is 0 Å². The lowest BCUT2D eigenvalue weighted by Gasteiger charge is -2.20. The van der Waals surface area contributed by atoms with Gasteiger partial charge in [0.05, 0.1) is 0 Å². The Balaban J connectivity index is 1.95. The summed E-state index contributed by atoms with van der Waals surface area (Å²) in [5, 5.41) is 0. The van der Waals surface area contributed by atoms with Gasteiger partial charge < -0.3 is 10.6 Å². The van der Waals surface area contributed by atoms with E-state index in [1.165, 1.54) is 25.7 Å². The Hall–Kier alpha value is -1.16. The molecule has 2 N–H and O–H groups in total. The van der Waals surface area contributed by atoms with Crippen LogP contribution in [0.15, 0.2) is 12.4 Å². The van der Waals surface area contributed by atoms with Crippen molar-refractivity contribution in [3.05, 3.63) is 18.0 Å². The SMILES string of the molecule is CCC(N)Cc1cnc(N2CCCC(CC)CC2)nc1. The van der Waals surface area contributed by atoms with Gasteiger partial charge in [-0.15, -0.1) is 0 Å². The van der Waals surface area contributed by atoms with Gasteiger partial charge >= 0.3 is 0 Å². The molecule has 20 heavy (non-hydrogen) atoms. The van der Waals surface area contributed by atoms with Gasteiger partial charge in [0, 0.05) is 31.5 Å². The minimum atomic E-state index is 0.216. The van der Waals surface area contributed by atoms with Crippen molar-refractivity contribution in [3.8, 4) is 0 Å². The van der Waals surface area contributed by atoms with Gasteiger partial charge in [0.2, 0.25) is 5.95 Å². The molecule has 2 unspecified atom stereocenters. The first-order valence-electron chi connectivity index (χ1n) is 8.04. The zero-order valence-electron chi connectivity index (χ0n) is 12.9. The molecular weight excluding hydrogens is 248 g/mol. The number of nitrogens with two attached hydrogens (primary N) is 1. The second-order valence-corrected chi connectivity index (χ2v) is 5.96. The van der Waals surface area contributed by atoms with E-state index in [4.69, 9.17) is 5.73 Å². The first-order valence-corrected chi connectivity index (χ1v) is 8.04. The van der Waals surface area contributed by atoms with Gasteiger partial charge in [-0.25, -0.2) is 9.97 Å². The van der Waals surface area contributed by atoms with Crippen LogP contribution >= 0.6 is 0 Å². The molecule has 2 rings (SSSR count). The molecule has 4 heteroatoms. The van der Waals surface area contributed by atoms with E-state index in [9.17, 15) is 0 Å². The summed E-state index contributed by atoms with van der Waals surface area (Å²) in [5.74, 6) is 1.76. The number of hydrogen-bond donors (Lipinski definition) is 1. The second kappa shape index (κ2) is 7.58. The van der Waals surface area contributed by atoms with E-state index in [0.29, 0.717) is 0 Å². The lowest BCUT2D eigenvalue weighted by Crippen LogP contribution is -2.26. The summed E-state index contributed by atoms with van der Waals surface area (Å²) in [6.45, 7) is 6.58. The summed E-state index contributed by atoms with van der Waals surface area (Å²) < 4.78 is 0. The number of aromatic nitrogens is 2. The van der Waals surface area contributed by atoms with Crippen LogP contribution < -0.4 is 10.6 Å². The molecule has 1 aromatic rings. The van der Waals surface area contributed by atoms with Gasteiger partial charge in [-0.2, -0.15) is 0 Å². The molecule has 1 saturated heterocycles. The minimum Gasteiger partial charge on any atom is -0.341 e. The lowest BCUT2D eigenvalue weighted by atomic mass is 9.98. The number of anilines is 1. The molecule has 0 aliphatic carbocycles. The molecule has 112 valence electrons. The smallest absolute Gasteiger partial charge is 0.225 e. The van der Waals surface area contributed by atoms with Crippen molar-refractivity contribution in [2.24, 2.45) is 11.7 Å². The molecule has 1 aromatic heterocycles. The molecular formula is C16H28N4. The summed E-state index contributed by atoms with van der Waals surface area (Å²) in [4.78, 5) is 11.4. The first kappa shape index (κ1) is 15.2. The molecule has 1 aliphatic heterocycles. The highest BCUT2D eigenvalue weighted by Gasteiger charge is 2.17. The van der Waals surface area contributed by atoms with Gasteiger partial charge in [0.15, 0.2) is 0 Å². The zero-order valence-corrected chi connectivity index (χ0v) is 12.9. The van der Waals surface area contributed by atoms with Crippen LogP contribution in [0.4, 0.5) is 5.95 Å². The van der Waals surface area contributed by atoms with Crippen molar-refractivity contribution in [1.29, 1.82) is 0 Å². The number of rotatable bonds is 5. The molecule has 0 spiro atoms. The number of hydrogen-bond acceptors (Lipinski definition) is 4. The fourth-order valence-electron chi connectivity index (χ4n) is 2.84. The van der Waals surface area contributed by atoms with Gasteiger partial charge in [-0.1, -0.05) is 20.3 Å². The summed E-state index contributed by atoms with van der Waals surface area (Å²) in [6, 6.07) is 0.216. The van der Waals surface area contributed by atoms with Crippen molar-refractivity contribution in [2.45, 2.75) is 58.4 Å². The average molecular weight is 276 g/mol. The van der Waals surface area contributed by atoms with Crippen molar-refractivity contribution in [2.75, 3.05) is 18.0 Å². The van der Waals surface area contributed by atoms with E-state index in [0.717, 1.165) is 43.4 Å². The molecule has 0 bridgehead atoms. The molecule has 4 nitrogen and oxygen atoms in total. The predicted octanol–water partition coefficient (Wildman–Crippen LogP) is 2.77. The Labute approximate surface area is 122 Å². The van der Waals surface area contributed by atoms with Crippen LogP contribution in [0.5, 0.6) is 0 Å². The standard InChI is InChI=1S/C16H28N4/c1-3-13-6-5-8-20(9-7-13)16-18-11-14(12-19-16)10-15(17)4-2/h11-13,15H,3-10,17H2,1-2H3. The van der Waals surface area contributed by atoms with Crippen molar-refractivity contribution in [3.63, 3.8) is 0 Å². The topological polar surface area (TPSA) is 55.0 Å². The Morgan fingerprint density at radius 1 is 1.25 bits per heavy atom. The Kier molecular flexibility index (Phi) is 5.77. The summed E-state index contributed by atoms with van der Waals surface area (Å²) in [5.41, 5.74) is 7.11. The molecule has 1 fully saturated rings. The van der Waals surface area contributed by atoms with Crippen LogP contribution in [0, 0.1) is 5.92 Å². The molecule has 2 atom stereocenters. The van der Waals surface area contributed by atoms with Crippen LogP contribution in [0.1, 0.15) is 51.5 Å². The third kappa shape index (κ3) is 4.17. The Morgan fingerprint density at radius 2 is 2.00 bits per heavy atom. The van der Waals surface area contributed by atoms with E-state index < -0.39 is 0 Å². The van der Waals surface area contributed by atoms with Gasteiger partial charge in [0.1, 0.15) is 0 Å². The number of nitrogens with zero attached hydrogens (tertiary/aromatic N) is 3. The Morgan fingerprint density at radius 3 is 2.65 bits per heavy atom. The molecule has 2 heterocycles. The van der Waals surface area contributed by atoms with Crippen LogP contribution in [0.25, 0.3) is 0 Å². The predicted molar refractivity (Wildman–Crippen MR) is 83.8 cm³/mol. The monoisotopic (exact) mass is 276 g/mol. The highest BCUT2D eigenvalue weighted by molar-refractivity contribution is 5.30. The summed E-state index contributed by atoms with van der Waals surface area (Å²) >= 11 is 0. The van der Waals surface area contributed by atoms with E-state index in [-0.39, 0.29) is 6.04 Å². The fraction of sp³-hybridized carbons (Fsp3) is 0.750. The first-order chi connectivity index (χ1) is 9.72. The molecule has 0 aromatic carbocycles. The van der Waals surface area contributed by atoms with Crippen molar-refractivity contribution in [1.82, 2.24) is 9.97 Å².